The van der Waals surface area contributed by atoms with Gasteiger partial charge in [-0.2, -0.15) is 0 Å². The van der Waals surface area contributed by atoms with Crippen LogP contribution in [0.1, 0.15) is 5.56 Å². The van der Waals surface area contributed by atoms with Crippen molar-refractivity contribution in [3.63, 3.8) is 0 Å². The van der Waals surface area contributed by atoms with Gasteiger partial charge < -0.3 is 13.9 Å². The second-order valence-corrected chi connectivity index (χ2v) is 10.9. The lowest BCUT2D eigenvalue weighted by molar-refractivity contribution is 0.584. The molecule has 0 saturated carbocycles. The first-order chi connectivity index (χ1) is 21.7. The fourth-order valence-electron chi connectivity index (χ4n) is 5.89. The highest BCUT2D eigenvalue weighted by atomic mass is 16.4. The molecule has 0 aliphatic rings. The topological polar surface area (TPSA) is 47.1 Å². The number of fused-ring (bicyclic) bond motifs is 3. The van der Waals surface area contributed by atoms with Gasteiger partial charge in [0.05, 0.1) is 11.0 Å². The molecule has 0 N–H and O–H groups in total. The maximum atomic E-state index is 6.03. The van der Waals surface area contributed by atoms with Gasteiger partial charge in [-0.1, -0.05) is 72.3 Å². The lowest BCUT2D eigenvalue weighted by atomic mass is 10.1. The second kappa shape index (κ2) is 10.7. The molecule has 8 rings (SSSR count). The van der Waals surface area contributed by atoms with E-state index in [1.165, 1.54) is 27.4 Å². The largest absolute Gasteiger partial charge is 0.416 e. The molecule has 0 atom stereocenters. The Hall–Kier alpha value is -5.94. The zero-order valence-corrected chi connectivity index (χ0v) is 24.1. The van der Waals surface area contributed by atoms with E-state index in [0.29, 0.717) is 11.8 Å². The van der Waals surface area contributed by atoms with E-state index >= 15 is 0 Å². The molecular weight excluding hydrogens is 540 g/mol. The van der Waals surface area contributed by atoms with Crippen LogP contribution in [0.4, 0.5) is 17.1 Å². The molecular formula is C39H28N4O. The summed E-state index contributed by atoms with van der Waals surface area (Å²) in [4.78, 5) is 2.29. The molecule has 2 aromatic heterocycles. The number of nitrogens with zero attached hydrogens (tertiary/aromatic N) is 4. The predicted octanol–water partition coefficient (Wildman–Crippen LogP) is 10.3. The lowest BCUT2D eigenvalue weighted by Crippen LogP contribution is -2.10. The Kier molecular flexibility index (Phi) is 6.27. The molecule has 0 aliphatic heterocycles. The molecule has 5 heteroatoms. The Morgan fingerprint density at radius 2 is 1.05 bits per heavy atom. The summed E-state index contributed by atoms with van der Waals surface area (Å²) in [5.74, 6) is 1.00. The summed E-state index contributed by atoms with van der Waals surface area (Å²) in [7, 11) is 0. The molecule has 0 unspecified atom stereocenters. The minimum absolute atomic E-state index is 0.493. The number of hydrogen-bond acceptors (Lipinski definition) is 4. The lowest BCUT2D eigenvalue weighted by Gasteiger charge is -2.26. The van der Waals surface area contributed by atoms with E-state index in [4.69, 9.17) is 4.42 Å². The van der Waals surface area contributed by atoms with Crippen LogP contribution in [-0.2, 0) is 0 Å². The highest BCUT2D eigenvalue weighted by Gasteiger charge is 2.18. The standard InChI is InChI=1S/C39H28N4O/c1-27-16-20-31(21-17-27)42(32-22-18-29(19-23-32)39-41-40-38(44-39)28-10-4-2-5-11-28)33-24-25-37-35(26-33)34-14-8-9-15-36(34)43(37)30-12-6-3-7-13-30/h2-26H,1H3. The fraction of sp³-hybridized carbons (Fsp3) is 0.0256. The Labute approximate surface area is 255 Å². The molecule has 8 aromatic rings. The zero-order chi connectivity index (χ0) is 29.5. The third-order valence-corrected chi connectivity index (χ3v) is 8.04. The van der Waals surface area contributed by atoms with Gasteiger partial charge in [0.15, 0.2) is 0 Å². The summed E-state index contributed by atoms with van der Waals surface area (Å²) in [6.07, 6.45) is 0. The number of anilines is 3. The highest BCUT2D eigenvalue weighted by Crippen LogP contribution is 2.40. The first kappa shape index (κ1) is 25.7. The van der Waals surface area contributed by atoms with E-state index in [-0.39, 0.29) is 0 Å². The number of para-hydroxylation sites is 2. The zero-order valence-electron chi connectivity index (χ0n) is 24.1. The molecule has 0 amide bonds. The minimum atomic E-state index is 0.493. The van der Waals surface area contributed by atoms with E-state index in [1.54, 1.807) is 0 Å². The summed E-state index contributed by atoms with van der Waals surface area (Å²) in [6, 6.07) is 52.7. The molecule has 6 aromatic carbocycles. The van der Waals surface area contributed by atoms with Gasteiger partial charge in [0, 0.05) is 44.6 Å². The van der Waals surface area contributed by atoms with Crippen LogP contribution in [0.5, 0.6) is 0 Å². The maximum absolute atomic E-state index is 6.03. The molecule has 2 heterocycles. The van der Waals surface area contributed by atoms with Crippen molar-refractivity contribution in [2.75, 3.05) is 4.90 Å². The van der Waals surface area contributed by atoms with Crippen LogP contribution >= 0.6 is 0 Å². The Balaban J connectivity index is 1.24. The smallest absolute Gasteiger partial charge is 0.248 e. The number of benzene rings is 6. The SMILES string of the molecule is Cc1ccc(N(c2ccc(-c3nnc(-c4ccccc4)o3)cc2)c2ccc3c(c2)c2ccccc2n3-c2ccccc2)cc1. The molecule has 44 heavy (non-hydrogen) atoms. The molecule has 0 saturated heterocycles. The van der Waals surface area contributed by atoms with Crippen molar-refractivity contribution < 1.29 is 4.42 Å². The minimum Gasteiger partial charge on any atom is -0.416 e. The third kappa shape index (κ3) is 4.52. The number of hydrogen-bond donors (Lipinski definition) is 0. The van der Waals surface area contributed by atoms with Crippen molar-refractivity contribution in [3.05, 3.63) is 157 Å². The van der Waals surface area contributed by atoms with Crippen molar-refractivity contribution in [1.82, 2.24) is 14.8 Å². The van der Waals surface area contributed by atoms with Crippen LogP contribution in [0.25, 0.3) is 50.4 Å². The predicted molar refractivity (Wildman–Crippen MR) is 179 cm³/mol. The van der Waals surface area contributed by atoms with Gasteiger partial charge in [0.25, 0.3) is 0 Å². The molecule has 0 radical (unpaired) electrons. The third-order valence-electron chi connectivity index (χ3n) is 8.04. The molecule has 5 nitrogen and oxygen atoms in total. The maximum Gasteiger partial charge on any atom is 0.248 e. The molecule has 0 fully saturated rings. The van der Waals surface area contributed by atoms with Gasteiger partial charge in [-0.3, -0.25) is 0 Å². The quantitative estimate of drug-likeness (QED) is 0.200. The van der Waals surface area contributed by atoms with Crippen LogP contribution in [0.3, 0.4) is 0 Å². The van der Waals surface area contributed by atoms with E-state index in [0.717, 1.165) is 33.9 Å². The molecule has 0 spiro atoms. The first-order valence-corrected chi connectivity index (χ1v) is 14.7. The van der Waals surface area contributed by atoms with Crippen LogP contribution in [0.15, 0.2) is 156 Å². The Morgan fingerprint density at radius 1 is 0.500 bits per heavy atom. The highest BCUT2D eigenvalue weighted by molar-refractivity contribution is 6.10. The van der Waals surface area contributed by atoms with Gasteiger partial charge in [0.1, 0.15) is 0 Å². The first-order valence-electron chi connectivity index (χ1n) is 14.7. The van der Waals surface area contributed by atoms with Crippen molar-refractivity contribution in [2.24, 2.45) is 0 Å². The van der Waals surface area contributed by atoms with E-state index in [1.807, 2.05) is 42.5 Å². The average molecular weight is 569 g/mol. The summed E-state index contributed by atoms with van der Waals surface area (Å²) in [5, 5.41) is 11.0. The van der Waals surface area contributed by atoms with Gasteiger partial charge in [-0.15, -0.1) is 10.2 Å². The van der Waals surface area contributed by atoms with Crippen LogP contribution in [0, 0.1) is 6.92 Å². The van der Waals surface area contributed by atoms with E-state index in [2.05, 4.69) is 136 Å². The molecule has 210 valence electrons. The molecule has 0 aliphatic carbocycles. The number of aryl methyl sites for hydroxylation is 1. The number of rotatable bonds is 6. The van der Waals surface area contributed by atoms with E-state index < -0.39 is 0 Å². The average Bonchev–Trinajstić information content (AvgIpc) is 3.71. The van der Waals surface area contributed by atoms with Crippen molar-refractivity contribution in [1.29, 1.82) is 0 Å². The summed E-state index contributed by atoms with van der Waals surface area (Å²) >= 11 is 0. The van der Waals surface area contributed by atoms with E-state index in [9.17, 15) is 0 Å². The van der Waals surface area contributed by atoms with Crippen molar-refractivity contribution >= 4 is 38.9 Å². The Morgan fingerprint density at radius 3 is 1.75 bits per heavy atom. The summed E-state index contributed by atoms with van der Waals surface area (Å²) < 4.78 is 8.37. The molecule has 0 bridgehead atoms. The van der Waals surface area contributed by atoms with Crippen molar-refractivity contribution in [2.45, 2.75) is 6.92 Å². The van der Waals surface area contributed by atoms with Gasteiger partial charge in [-0.05, 0) is 91.9 Å². The van der Waals surface area contributed by atoms with Crippen molar-refractivity contribution in [3.8, 4) is 28.6 Å². The normalized spacial score (nSPS) is 11.3. The van der Waals surface area contributed by atoms with Gasteiger partial charge >= 0.3 is 0 Å². The monoisotopic (exact) mass is 568 g/mol. The van der Waals surface area contributed by atoms with Crippen LogP contribution in [-0.4, -0.2) is 14.8 Å². The second-order valence-electron chi connectivity index (χ2n) is 10.9. The van der Waals surface area contributed by atoms with Gasteiger partial charge in [-0.25, -0.2) is 0 Å². The fourth-order valence-corrected chi connectivity index (χ4v) is 5.89. The summed E-state index contributed by atoms with van der Waals surface area (Å²) in [5.41, 5.74) is 9.69. The number of aromatic nitrogens is 3. The summed E-state index contributed by atoms with van der Waals surface area (Å²) in [6.45, 7) is 2.11. The van der Waals surface area contributed by atoms with Gasteiger partial charge in [0.2, 0.25) is 11.8 Å². The van der Waals surface area contributed by atoms with Crippen LogP contribution < -0.4 is 4.90 Å². The Bertz CT molecular complexity index is 2220. The van der Waals surface area contributed by atoms with Crippen LogP contribution in [0.2, 0.25) is 0 Å².